The van der Waals surface area contributed by atoms with E-state index in [1.165, 1.54) is 11.3 Å². The van der Waals surface area contributed by atoms with Gasteiger partial charge in [-0.2, -0.15) is 0 Å². The molecular weight excluding hydrogens is 298 g/mol. The van der Waals surface area contributed by atoms with Gasteiger partial charge < -0.3 is 10.1 Å². The fourth-order valence-electron chi connectivity index (χ4n) is 2.10. The topological polar surface area (TPSA) is 55.4 Å². The molecule has 1 heterocycles. The molecule has 0 saturated heterocycles. The molecule has 116 valence electrons. The largest absolute Gasteiger partial charge is 0.462 e. The third-order valence-corrected chi connectivity index (χ3v) is 3.98. The van der Waals surface area contributed by atoms with Gasteiger partial charge in [0, 0.05) is 17.4 Å². The summed E-state index contributed by atoms with van der Waals surface area (Å²) in [7, 11) is 0. The standard InChI is InChI=1S/C17H19NO3S/c1-3-8-14(19)18-16-15(17(20)21-4-2)13(11-22-16)12-9-6-5-7-10-12/h5-7,9-11H,3-4,8H2,1-2H3,(H,18,19). The van der Waals surface area contributed by atoms with Gasteiger partial charge in [0.25, 0.3) is 0 Å². The Balaban J connectivity index is 2.40. The second-order valence-electron chi connectivity index (χ2n) is 4.74. The van der Waals surface area contributed by atoms with Crippen LogP contribution in [0.5, 0.6) is 0 Å². The number of hydrogen-bond donors (Lipinski definition) is 1. The van der Waals surface area contributed by atoms with Gasteiger partial charge in [0.05, 0.1) is 6.61 Å². The number of benzene rings is 1. The van der Waals surface area contributed by atoms with Crippen molar-refractivity contribution in [1.82, 2.24) is 0 Å². The minimum atomic E-state index is -0.408. The molecule has 1 aromatic heterocycles. The molecule has 0 aliphatic rings. The molecule has 0 radical (unpaired) electrons. The molecule has 1 N–H and O–H groups in total. The molecule has 0 fully saturated rings. The van der Waals surface area contributed by atoms with Crippen molar-refractivity contribution in [2.75, 3.05) is 11.9 Å². The summed E-state index contributed by atoms with van der Waals surface area (Å²) >= 11 is 1.35. The summed E-state index contributed by atoms with van der Waals surface area (Å²) in [6.45, 7) is 4.00. The third-order valence-electron chi connectivity index (χ3n) is 3.09. The van der Waals surface area contributed by atoms with Gasteiger partial charge >= 0.3 is 5.97 Å². The van der Waals surface area contributed by atoms with E-state index in [9.17, 15) is 9.59 Å². The Morgan fingerprint density at radius 1 is 1.18 bits per heavy atom. The molecule has 1 amide bonds. The van der Waals surface area contributed by atoms with Crippen LogP contribution in [-0.2, 0) is 9.53 Å². The van der Waals surface area contributed by atoms with E-state index in [-0.39, 0.29) is 5.91 Å². The Morgan fingerprint density at radius 2 is 1.91 bits per heavy atom. The second-order valence-corrected chi connectivity index (χ2v) is 5.62. The maximum absolute atomic E-state index is 12.3. The zero-order valence-electron chi connectivity index (χ0n) is 12.7. The molecule has 22 heavy (non-hydrogen) atoms. The van der Waals surface area contributed by atoms with E-state index in [1.807, 2.05) is 42.6 Å². The second kappa shape index (κ2) is 7.75. The molecule has 0 aliphatic carbocycles. The van der Waals surface area contributed by atoms with Crippen LogP contribution in [0.1, 0.15) is 37.0 Å². The number of carbonyl (C=O) groups is 2. The van der Waals surface area contributed by atoms with Crippen molar-refractivity contribution < 1.29 is 14.3 Å². The monoisotopic (exact) mass is 317 g/mol. The molecule has 4 nitrogen and oxygen atoms in total. The van der Waals surface area contributed by atoms with Gasteiger partial charge in [-0.3, -0.25) is 4.79 Å². The van der Waals surface area contributed by atoms with Gasteiger partial charge in [0.2, 0.25) is 5.91 Å². The Bertz CT molecular complexity index is 649. The fraction of sp³-hybridized carbons (Fsp3) is 0.294. The number of rotatable bonds is 6. The van der Waals surface area contributed by atoms with Crippen molar-refractivity contribution in [3.8, 4) is 11.1 Å². The van der Waals surface area contributed by atoms with Gasteiger partial charge in [-0.25, -0.2) is 4.79 Å². The summed E-state index contributed by atoms with van der Waals surface area (Å²) in [6.07, 6.45) is 1.19. The molecule has 0 bridgehead atoms. The lowest BCUT2D eigenvalue weighted by Gasteiger charge is -2.08. The minimum absolute atomic E-state index is 0.0884. The van der Waals surface area contributed by atoms with Crippen LogP contribution in [-0.4, -0.2) is 18.5 Å². The van der Waals surface area contributed by atoms with Crippen LogP contribution in [0.3, 0.4) is 0 Å². The Labute approximate surface area is 134 Å². The molecule has 0 spiro atoms. The summed E-state index contributed by atoms with van der Waals surface area (Å²) in [5.41, 5.74) is 2.15. The zero-order chi connectivity index (χ0) is 15.9. The van der Waals surface area contributed by atoms with E-state index in [1.54, 1.807) is 6.92 Å². The van der Waals surface area contributed by atoms with E-state index >= 15 is 0 Å². The lowest BCUT2D eigenvalue weighted by molar-refractivity contribution is -0.116. The highest BCUT2D eigenvalue weighted by Crippen LogP contribution is 2.36. The normalized spacial score (nSPS) is 10.3. The highest BCUT2D eigenvalue weighted by molar-refractivity contribution is 7.15. The van der Waals surface area contributed by atoms with Crippen molar-refractivity contribution in [2.45, 2.75) is 26.7 Å². The van der Waals surface area contributed by atoms with E-state index in [4.69, 9.17) is 4.74 Å². The van der Waals surface area contributed by atoms with E-state index in [0.717, 1.165) is 17.5 Å². The van der Waals surface area contributed by atoms with Crippen LogP contribution < -0.4 is 5.32 Å². The first kappa shape index (κ1) is 16.2. The van der Waals surface area contributed by atoms with Gasteiger partial charge in [-0.05, 0) is 18.9 Å². The number of anilines is 1. The fourth-order valence-corrected chi connectivity index (χ4v) is 3.08. The summed E-state index contributed by atoms with van der Waals surface area (Å²) in [5, 5.41) is 5.25. The quantitative estimate of drug-likeness (QED) is 0.807. The number of esters is 1. The first-order valence-corrected chi connectivity index (χ1v) is 8.19. The maximum atomic E-state index is 12.3. The number of hydrogen-bond acceptors (Lipinski definition) is 4. The smallest absolute Gasteiger partial charge is 0.341 e. The van der Waals surface area contributed by atoms with Crippen LogP contribution in [0.4, 0.5) is 5.00 Å². The molecule has 2 aromatic rings. The Morgan fingerprint density at radius 3 is 2.55 bits per heavy atom. The van der Waals surface area contributed by atoms with Crippen LogP contribution >= 0.6 is 11.3 Å². The van der Waals surface area contributed by atoms with Crippen molar-refractivity contribution in [2.24, 2.45) is 0 Å². The molecule has 0 unspecified atom stereocenters. The summed E-state index contributed by atoms with van der Waals surface area (Å²) in [5.74, 6) is -0.496. The third kappa shape index (κ3) is 3.74. The summed E-state index contributed by atoms with van der Waals surface area (Å²) in [4.78, 5) is 24.1. The molecule has 1 aromatic carbocycles. The van der Waals surface area contributed by atoms with Crippen LogP contribution in [0, 0.1) is 0 Å². The average Bonchev–Trinajstić information content (AvgIpc) is 2.92. The molecule has 5 heteroatoms. The lowest BCUT2D eigenvalue weighted by atomic mass is 10.0. The molecule has 0 aliphatic heterocycles. The van der Waals surface area contributed by atoms with Crippen molar-refractivity contribution in [1.29, 1.82) is 0 Å². The number of amides is 1. The highest BCUT2D eigenvalue weighted by Gasteiger charge is 2.22. The number of nitrogens with one attached hydrogen (secondary N) is 1. The van der Waals surface area contributed by atoms with Gasteiger partial charge in [-0.15, -0.1) is 11.3 Å². The number of ether oxygens (including phenoxy) is 1. The SMILES string of the molecule is CCCC(=O)Nc1scc(-c2ccccc2)c1C(=O)OCC. The van der Waals surface area contributed by atoms with Crippen molar-refractivity contribution in [3.63, 3.8) is 0 Å². The average molecular weight is 317 g/mol. The first-order valence-electron chi connectivity index (χ1n) is 7.31. The maximum Gasteiger partial charge on any atom is 0.341 e. The number of carbonyl (C=O) groups excluding carboxylic acids is 2. The minimum Gasteiger partial charge on any atom is -0.462 e. The van der Waals surface area contributed by atoms with Crippen molar-refractivity contribution >= 4 is 28.2 Å². The van der Waals surface area contributed by atoms with Gasteiger partial charge in [0.1, 0.15) is 10.6 Å². The predicted octanol–water partition coefficient (Wildman–Crippen LogP) is 4.33. The van der Waals surface area contributed by atoms with Crippen LogP contribution in [0.2, 0.25) is 0 Å². The highest BCUT2D eigenvalue weighted by atomic mass is 32.1. The van der Waals surface area contributed by atoms with E-state index in [0.29, 0.717) is 23.6 Å². The molecule has 2 rings (SSSR count). The van der Waals surface area contributed by atoms with Gasteiger partial charge in [0.15, 0.2) is 0 Å². The molecular formula is C17H19NO3S. The summed E-state index contributed by atoms with van der Waals surface area (Å²) in [6, 6.07) is 9.61. The van der Waals surface area contributed by atoms with Crippen molar-refractivity contribution in [3.05, 3.63) is 41.3 Å². The van der Waals surface area contributed by atoms with E-state index < -0.39 is 5.97 Å². The van der Waals surface area contributed by atoms with Crippen LogP contribution in [0.25, 0.3) is 11.1 Å². The molecule has 0 atom stereocenters. The van der Waals surface area contributed by atoms with Gasteiger partial charge in [-0.1, -0.05) is 37.3 Å². The zero-order valence-corrected chi connectivity index (χ0v) is 13.5. The van der Waals surface area contributed by atoms with E-state index in [2.05, 4.69) is 5.32 Å². The predicted molar refractivity (Wildman–Crippen MR) is 89.2 cm³/mol. The molecule has 0 saturated carbocycles. The Kier molecular flexibility index (Phi) is 5.72. The summed E-state index contributed by atoms with van der Waals surface area (Å²) < 4.78 is 5.15. The first-order chi connectivity index (χ1) is 10.7. The number of thiophene rings is 1. The van der Waals surface area contributed by atoms with Crippen LogP contribution in [0.15, 0.2) is 35.7 Å². The Hall–Kier alpha value is -2.14. The lowest BCUT2D eigenvalue weighted by Crippen LogP contribution is -2.14.